The zero-order valence-electron chi connectivity index (χ0n) is 9.89. The van der Waals surface area contributed by atoms with Gasteiger partial charge in [0.2, 0.25) is 5.69 Å². The summed E-state index contributed by atoms with van der Waals surface area (Å²) in [5, 5.41) is 4.29. The number of halogens is 3. The van der Waals surface area contributed by atoms with Crippen LogP contribution in [0.25, 0.3) is 0 Å². The summed E-state index contributed by atoms with van der Waals surface area (Å²) in [6.45, 7) is -3.18. The van der Waals surface area contributed by atoms with Gasteiger partial charge in [0.05, 0.1) is 0 Å². The first kappa shape index (κ1) is 12.3. The molecule has 2 aliphatic rings. The number of nitrogens with zero attached hydrogens (tertiary/aromatic N) is 2. The number of fused-ring (bicyclic) bond motifs is 4. The Bertz CT molecular complexity index is 777. The molecule has 0 aromatic heterocycles. The van der Waals surface area contributed by atoms with Crippen LogP contribution in [0.5, 0.6) is 11.5 Å². The molecule has 0 saturated heterocycles. The lowest BCUT2D eigenvalue weighted by Gasteiger charge is -2.25. The summed E-state index contributed by atoms with van der Waals surface area (Å²) in [5.74, 6) is 0.752. The highest BCUT2D eigenvalue weighted by molar-refractivity contribution is 9.10. The van der Waals surface area contributed by atoms with Crippen LogP contribution >= 0.6 is 31.9 Å². The van der Waals surface area contributed by atoms with E-state index < -0.39 is 6.96 Å². The Labute approximate surface area is 130 Å². The van der Waals surface area contributed by atoms with Crippen molar-refractivity contribution in [3.05, 3.63) is 45.3 Å². The van der Waals surface area contributed by atoms with Gasteiger partial charge < -0.3 is 13.6 Å². The zero-order valence-corrected chi connectivity index (χ0v) is 13.1. The van der Waals surface area contributed by atoms with Crippen molar-refractivity contribution in [2.24, 2.45) is 5.11 Å². The van der Waals surface area contributed by atoms with E-state index in [1.807, 2.05) is 6.07 Å². The van der Waals surface area contributed by atoms with Crippen molar-refractivity contribution < 1.29 is 18.2 Å². The topological polar surface area (TPSA) is 33.8 Å². The van der Waals surface area contributed by atoms with E-state index in [0.717, 1.165) is 13.6 Å². The van der Waals surface area contributed by atoms with Crippen LogP contribution in [-0.2, 0) is 0 Å². The highest BCUT2D eigenvalue weighted by atomic mass is 79.9. The molecule has 1 atom stereocenters. The van der Waals surface area contributed by atoms with Crippen LogP contribution in [0.4, 0.5) is 15.7 Å². The maximum Gasteiger partial charge on any atom is 0.881 e. The van der Waals surface area contributed by atoms with Crippen molar-refractivity contribution in [1.82, 2.24) is 0 Å². The second-order valence-corrected chi connectivity index (χ2v) is 6.32. The minimum atomic E-state index is -3.18. The summed E-state index contributed by atoms with van der Waals surface area (Å²) in [6, 6.07) is 10.5. The SMILES string of the molecule is F[B-]12Oc3cc(Br)ccc3N=[N+]1c1ccc(Br)cc1O2. The molecular weight excluding hydrogens is 394 g/mol. The van der Waals surface area contributed by atoms with E-state index in [1.54, 1.807) is 30.3 Å². The van der Waals surface area contributed by atoms with Gasteiger partial charge in [-0.1, -0.05) is 31.9 Å². The van der Waals surface area contributed by atoms with E-state index in [2.05, 4.69) is 37.0 Å². The predicted molar refractivity (Wildman–Crippen MR) is 78.4 cm³/mol. The molecule has 0 bridgehead atoms. The summed E-state index contributed by atoms with van der Waals surface area (Å²) in [6.07, 6.45) is 0. The lowest BCUT2D eigenvalue weighted by Crippen LogP contribution is -2.50. The molecule has 0 N–H and O–H groups in total. The smallest absolute Gasteiger partial charge is 0.588 e. The van der Waals surface area contributed by atoms with Gasteiger partial charge in [0.25, 0.3) is 0 Å². The maximum atomic E-state index is 14.9. The number of rotatable bonds is 0. The zero-order chi connectivity index (χ0) is 13.9. The number of hydrogen-bond acceptors (Lipinski definition) is 3. The summed E-state index contributed by atoms with van der Waals surface area (Å²) < 4.78 is 28.4. The second kappa shape index (κ2) is 4.05. The van der Waals surface area contributed by atoms with Crippen LogP contribution in [0.3, 0.4) is 0 Å². The number of hydrogen-bond donors (Lipinski definition) is 0. The van der Waals surface area contributed by atoms with Gasteiger partial charge in [-0.2, -0.15) is 4.61 Å². The molecule has 4 nitrogen and oxygen atoms in total. The third-order valence-corrected chi connectivity index (χ3v) is 4.13. The van der Waals surface area contributed by atoms with Crippen molar-refractivity contribution in [2.75, 3.05) is 0 Å². The Hall–Kier alpha value is -1.41. The molecule has 0 saturated carbocycles. The highest BCUT2D eigenvalue weighted by Crippen LogP contribution is 2.47. The molecular formula is C12H6BBr2FN2O2. The monoisotopic (exact) mass is 398 g/mol. The first-order valence-corrected chi connectivity index (χ1v) is 7.44. The number of benzene rings is 2. The quantitative estimate of drug-likeness (QED) is 0.595. The maximum absolute atomic E-state index is 14.9. The van der Waals surface area contributed by atoms with E-state index >= 15 is 0 Å². The van der Waals surface area contributed by atoms with Crippen LogP contribution in [0.1, 0.15) is 0 Å². The lowest BCUT2D eigenvalue weighted by atomic mass is 10.0. The Morgan fingerprint density at radius 3 is 2.45 bits per heavy atom. The number of azo groups is 1. The molecule has 0 fully saturated rings. The fourth-order valence-electron chi connectivity index (χ4n) is 2.28. The minimum absolute atomic E-state index is 0.352. The van der Waals surface area contributed by atoms with E-state index in [9.17, 15) is 4.32 Å². The second-order valence-electron chi connectivity index (χ2n) is 4.49. The molecule has 2 aliphatic heterocycles. The van der Waals surface area contributed by atoms with Gasteiger partial charge >= 0.3 is 6.96 Å². The summed E-state index contributed by atoms with van der Waals surface area (Å²) in [7, 11) is 0. The van der Waals surface area contributed by atoms with Gasteiger partial charge in [-0.15, -0.1) is 0 Å². The van der Waals surface area contributed by atoms with E-state index in [1.165, 1.54) is 0 Å². The van der Waals surface area contributed by atoms with Gasteiger partial charge in [-0.3, -0.25) is 0 Å². The lowest BCUT2D eigenvalue weighted by molar-refractivity contribution is -0.411. The van der Waals surface area contributed by atoms with Gasteiger partial charge in [0, 0.05) is 15.0 Å². The molecule has 0 amide bonds. The normalized spacial score (nSPS) is 22.1. The summed E-state index contributed by atoms with van der Waals surface area (Å²) in [5.41, 5.74) is 1.10. The Balaban J connectivity index is 1.92. The van der Waals surface area contributed by atoms with Crippen molar-refractivity contribution in [3.63, 3.8) is 0 Å². The minimum Gasteiger partial charge on any atom is -0.588 e. The van der Waals surface area contributed by atoms with Gasteiger partial charge in [0.1, 0.15) is 11.5 Å². The van der Waals surface area contributed by atoms with Crippen LogP contribution in [-0.4, -0.2) is 11.6 Å². The first-order chi connectivity index (χ1) is 9.55. The van der Waals surface area contributed by atoms with Crippen molar-refractivity contribution in [2.45, 2.75) is 0 Å². The van der Waals surface area contributed by atoms with Gasteiger partial charge in [-0.25, -0.2) is 0 Å². The summed E-state index contributed by atoms with van der Waals surface area (Å²) >= 11 is 6.65. The van der Waals surface area contributed by atoms with E-state index in [0.29, 0.717) is 22.9 Å². The molecule has 2 heterocycles. The molecule has 2 aromatic carbocycles. The Morgan fingerprint density at radius 1 is 1.00 bits per heavy atom. The van der Waals surface area contributed by atoms with Crippen molar-refractivity contribution in [3.8, 4) is 11.5 Å². The highest BCUT2D eigenvalue weighted by Gasteiger charge is 2.61. The summed E-state index contributed by atoms with van der Waals surface area (Å²) in [4.78, 5) is 0. The van der Waals surface area contributed by atoms with Crippen molar-refractivity contribution >= 4 is 50.2 Å². The van der Waals surface area contributed by atoms with Crippen LogP contribution in [0.2, 0.25) is 0 Å². The predicted octanol–water partition coefficient (Wildman–Crippen LogP) is 4.83. The average molecular weight is 400 g/mol. The molecule has 100 valence electrons. The molecule has 2 aromatic rings. The molecule has 0 spiro atoms. The third-order valence-electron chi connectivity index (χ3n) is 3.14. The first-order valence-electron chi connectivity index (χ1n) is 5.86. The third kappa shape index (κ3) is 1.71. The Kier molecular flexibility index (Phi) is 2.50. The molecule has 4 rings (SSSR count). The van der Waals surface area contributed by atoms with Crippen LogP contribution in [0, 0.1) is 0 Å². The average Bonchev–Trinajstić information content (AvgIpc) is 2.66. The molecule has 1 unspecified atom stereocenters. The van der Waals surface area contributed by atoms with Crippen LogP contribution < -0.4 is 9.31 Å². The molecule has 20 heavy (non-hydrogen) atoms. The fourth-order valence-corrected chi connectivity index (χ4v) is 2.96. The van der Waals surface area contributed by atoms with E-state index in [4.69, 9.17) is 9.31 Å². The van der Waals surface area contributed by atoms with Gasteiger partial charge in [-0.05, 0) is 35.4 Å². The van der Waals surface area contributed by atoms with Crippen LogP contribution in [0.15, 0.2) is 50.5 Å². The molecule has 8 heteroatoms. The standard InChI is InChI=1S/C12H6BBr2FN2O2/c14-7-1-3-9-11(5-7)19-13(16)18(17-9)10-4-2-8(15)6-12(10)20-13/h1-6H. The van der Waals surface area contributed by atoms with Crippen molar-refractivity contribution in [1.29, 1.82) is 0 Å². The molecule has 0 radical (unpaired) electrons. The van der Waals surface area contributed by atoms with Gasteiger partial charge in [0.15, 0.2) is 5.69 Å². The molecule has 0 aliphatic carbocycles. The largest absolute Gasteiger partial charge is 0.881 e. The Morgan fingerprint density at radius 2 is 1.65 bits per heavy atom. The fraction of sp³-hybridized carbons (Fsp3) is 0. The van der Waals surface area contributed by atoms with E-state index in [-0.39, 0.29) is 0 Å².